The first-order valence-electron chi connectivity index (χ1n) is 13.3. The van der Waals surface area contributed by atoms with Gasteiger partial charge in [0.25, 0.3) is 5.91 Å². The average Bonchev–Trinajstić information content (AvgIpc) is 2.98. The molecule has 7 nitrogen and oxygen atoms in total. The third kappa shape index (κ3) is 7.02. The molecule has 1 saturated heterocycles. The second-order valence-electron chi connectivity index (χ2n) is 9.97. The number of hydrogen-bond acceptors (Lipinski definition) is 5. The van der Waals surface area contributed by atoms with Crippen LogP contribution in [0, 0.1) is 23.0 Å². The summed E-state index contributed by atoms with van der Waals surface area (Å²) >= 11 is 6.29. The predicted octanol–water partition coefficient (Wildman–Crippen LogP) is 5.13. The molecule has 41 heavy (non-hydrogen) atoms. The van der Waals surface area contributed by atoms with Crippen LogP contribution in [0.15, 0.2) is 60.7 Å². The van der Waals surface area contributed by atoms with Gasteiger partial charge in [-0.15, -0.1) is 0 Å². The van der Waals surface area contributed by atoms with E-state index in [4.69, 9.17) is 16.3 Å². The first-order chi connectivity index (χ1) is 19.7. The van der Waals surface area contributed by atoms with E-state index in [0.29, 0.717) is 31.0 Å². The van der Waals surface area contributed by atoms with E-state index in [9.17, 15) is 23.6 Å². The first-order valence-corrected chi connectivity index (χ1v) is 13.7. The van der Waals surface area contributed by atoms with E-state index in [-0.39, 0.29) is 16.9 Å². The molecule has 3 aromatic carbocycles. The summed E-state index contributed by atoms with van der Waals surface area (Å²) in [5.41, 5.74) is 0.282. The maximum Gasteiger partial charge on any atom is 0.251 e. The third-order valence-corrected chi connectivity index (χ3v) is 7.78. The highest BCUT2D eigenvalue weighted by Gasteiger charge is 2.38. The van der Waals surface area contributed by atoms with Crippen molar-refractivity contribution in [2.24, 2.45) is 0 Å². The van der Waals surface area contributed by atoms with Crippen LogP contribution in [0.4, 0.5) is 8.78 Å². The predicted molar refractivity (Wildman–Crippen MR) is 153 cm³/mol. The van der Waals surface area contributed by atoms with Gasteiger partial charge in [0.1, 0.15) is 29.0 Å². The summed E-state index contributed by atoms with van der Waals surface area (Å²) in [6.07, 6.45) is 0.302. The molecule has 1 aliphatic rings. The zero-order valence-corrected chi connectivity index (χ0v) is 23.6. The smallest absolute Gasteiger partial charge is 0.251 e. The van der Waals surface area contributed by atoms with E-state index in [1.807, 2.05) is 25.1 Å². The number of halogens is 3. The fraction of sp³-hybridized carbons (Fsp3) is 0.323. The van der Waals surface area contributed by atoms with Crippen molar-refractivity contribution in [3.05, 3.63) is 88.4 Å². The summed E-state index contributed by atoms with van der Waals surface area (Å²) in [7, 11) is 1.28. The highest BCUT2D eigenvalue weighted by Crippen LogP contribution is 2.28. The van der Waals surface area contributed by atoms with Crippen molar-refractivity contribution >= 4 is 23.4 Å². The summed E-state index contributed by atoms with van der Waals surface area (Å²) in [5, 5.41) is 15.9. The molecule has 0 unspecified atom stereocenters. The largest absolute Gasteiger partial charge is 0.497 e. The van der Waals surface area contributed by atoms with Crippen LogP contribution in [0.5, 0.6) is 5.75 Å². The van der Waals surface area contributed by atoms with Gasteiger partial charge in [-0.25, -0.2) is 8.78 Å². The standard InChI is InChI=1S/C31H31ClF2N4O3/c1-3-38-14-12-31(19-35,13-15-38)37-30(40)28(18-24-26(33)16-22(41-2)17-27(24)34)36-29(39)21-10-8-20(9-11-21)23-6-4-5-7-25(23)32/h4-11,16-17,28H,3,12-15,18H2,1-2H3,(H,36,39)(H,37,40)/t28-/m0/s1. The van der Waals surface area contributed by atoms with Crippen LogP contribution in [-0.4, -0.2) is 55.0 Å². The fourth-order valence-electron chi connectivity index (χ4n) is 4.88. The normalized spacial score (nSPS) is 15.4. The Morgan fingerprint density at radius 1 is 1.10 bits per heavy atom. The van der Waals surface area contributed by atoms with E-state index in [0.717, 1.165) is 29.8 Å². The number of hydrogen-bond donors (Lipinski definition) is 2. The van der Waals surface area contributed by atoms with E-state index in [2.05, 4.69) is 21.6 Å². The van der Waals surface area contributed by atoms with Crippen LogP contribution in [0.1, 0.15) is 35.7 Å². The number of piperidine rings is 1. The Labute approximate surface area is 243 Å². The lowest BCUT2D eigenvalue weighted by atomic mass is 9.88. The number of amides is 2. The number of methoxy groups -OCH3 is 1. The van der Waals surface area contributed by atoms with Gasteiger partial charge in [0.2, 0.25) is 5.91 Å². The lowest BCUT2D eigenvalue weighted by Gasteiger charge is -2.38. The molecule has 0 radical (unpaired) electrons. The lowest BCUT2D eigenvalue weighted by molar-refractivity contribution is -0.124. The van der Waals surface area contributed by atoms with E-state index < -0.39 is 41.5 Å². The summed E-state index contributed by atoms with van der Waals surface area (Å²) in [5.74, 6) is -3.16. The highest BCUT2D eigenvalue weighted by atomic mass is 35.5. The van der Waals surface area contributed by atoms with E-state index in [1.54, 1.807) is 30.3 Å². The minimum Gasteiger partial charge on any atom is -0.497 e. The summed E-state index contributed by atoms with van der Waals surface area (Å²) in [6, 6.07) is 16.8. The van der Waals surface area contributed by atoms with Crippen LogP contribution >= 0.6 is 11.6 Å². The number of benzene rings is 3. The molecule has 0 aliphatic carbocycles. The number of nitrogens with zero attached hydrogens (tertiary/aromatic N) is 2. The van der Waals surface area contributed by atoms with E-state index >= 15 is 0 Å². The molecule has 1 atom stereocenters. The van der Waals surface area contributed by atoms with Gasteiger partial charge in [-0.1, -0.05) is 48.9 Å². The second-order valence-corrected chi connectivity index (χ2v) is 10.4. The molecule has 2 amide bonds. The monoisotopic (exact) mass is 580 g/mol. The van der Waals surface area contributed by atoms with Crippen molar-refractivity contribution in [3.63, 3.8) is 0 Å². The summed E-state index contributed by atoms with van der Waals surface area (Å²) < 4.78 is 34.7. The molecule has 2 N–H and O–H groups in total. The van der Waals surface area contributed by atoms with Gasteiger partial charge >= 0.3 is 0 Å². The molecule has 0 aromatic heterocycles. The minimum absolute atomic E-state index is 0.0153. The van der Waals surface area contributed by atoms with Crippen LogP contribution in [0.25, 0.3) is 11.1 Å². The van der Waals surface area contributed by atoms with Crippen LogP contribution in [0.2, 0.25) is 5.02 Å². The van der Waals surface area contributed by atoms with Gasteiger partial charge in [-0.05, 0) is 43.1 Å². The third-order valence-electron chi connectivity index (χ3n) is 7.45. The minimum atomic E-state index is -1.36. The van der Waals surface area contributed by atoms with Crippen molar-refractivity contribution in [3.8, 4) is 22.9 Å². The quantitative estimate of drug-likeness (QED) is 0.366. The molecule has 1 heterocycles. The Balaban J connectivity index is 1.59. The molecular weight excluding hydrogens is 550 g/mol. The average molecular weight is 581 g/mol. The number of rotatable bonds is 9. The lowest BCUT2D eigenvalue weighted by Crippen LogP contribution is -2.59. The van der Waals surface area contributed by atoms with Crippen LogP contribution in [0.3, 0.4) is 0 Å². The van der Waals surface area contributed by atoms with Gasteiger partial charge in [-0.3, -0.25) is 9.59 Å². The van der Waals surface area contributed by atoms with Crippen molar-refractivity contribution < 1.29 is 23.1 Å². The van der Waals surface area contributed by atoms with E-state index in [1.165, 1.54) is 7.11 Å². The fourth-order valence-corrected chi connectivity index (χ4v) is 5.13. The molecule has 4 rings (SSSR count). The highest BCUT2D eigenvalue weighted by molar-refractivity contribution is 6.33. The SMILES string of the molecule is CCN1CCC(C#N)(NC(=O)[C@H](Cc2c(F)cc(OC)cc2F)NC(=O)c2ccc(-c3ccccc3Cl)cc2)CC1. The van der Waals surface area contributed by atoms with Crippen LogP contribution in [-0.2, 0) is 11.2 Å². The van der Waals surface area contributed by atoms with Gasteiger partial charge in [0.15, 0.2) is 0 Å². The Kier molecular flexibility index (Phi) is 9.58. The molecule has 3 aromatic rings. The van der Waals surface area contributed by atoms with Crippen molar-refractivity contribution in [2.75, 3.05) is 26.7 Å². The Morgan fingerprint density at radius 3 is 2.29 bits per heavy atom. The zero-order valence-electron chi connectivity index (χ0n) is 22.8. The summed E-state index contributed by atoms with van der Waals surface area (Å²) in [4.78, 5) is 29.0. The van der Waals surface area contributed by atoms with Crippen LogP contribution < -0.4 is 15.4 Å². The van der Waals surface area contributed by atoms with Gasteiger partial charge in [-0.2, -0.15) is 5.26 Å². The molecule has 214 valence electrons. The molecule has 1 aliphatic heterocycles. The molecule has 10 heteroatoms. The molecular formula is C31H31ClF2N4O3. The number of nitriles is 1. The van der Waals surface area contributed by atoms with Crippen molar-refractivity contribution in [2.45, 2.75) is 37.8 Å². The maximum absolute atomic E-state index is 14.9. The van der Waals surface area contributed by atoms with Crippen molar-refractivity contribution in [1.29, 1.82) is 5.26 Å². The Morgan fingerprint density at radius 2 is 1.73 bits per heavy atom. The molecule has 0 bridgehead atoms. The Hall–Kier alpha value is -4.00. The molecule has 0 spiro atoms. The first kappa shape index (κ1) is 30.0. The van der Waals surface area contributed by atoms with Crippen molar-refractivity contribution in [1.82, 2.24) is 15.5 Å². The topological polar surface area (TPSA) is 94.5 Å². The van der Waals surface area contributed by atoms with Gasteiger partial charge in [0.05, 0.1) is 13.2 Å². The van der Waals surface area contributed by atoms with Gasteiger partial charge in [0, 0.05) is 53.4 Å². The maximum atomic E-state index is 14.9. The number of ether oxygens (including phenoxy) is 1. The number of carbonyl (C=O) groups is 2. The molecule has 1 fully saturated rings. The summed E-state index contributed by atoms with van der Waals surface area (Å²) in [6.45, 7) is 4.06. The Bertz CT molecular complexity index is 1430. The van der Waals surface area contributed by atoms with Gasteiger partial charge < -0.3 is 20.3 Å². The second kappa shape index (κ2) is 13.1. The number of likely N-dealkylation sites (tertiary alicyclic amines) is 1. The molecule has 0 saturated carbocycles. The number of nitrogens with one attached hydrogen (secondary N) is 2. The number of carbonyl (C=O) groups excluding carboxylic acids is 2. The zero-order chi connectivity index (χ0) is 29.6.